The Balaban J connectivity index is 2.06. The number of carbonyl (C=O) groups is 2. The summed E-state index contributed by atoms with van der Waals surface area (Å²) in [5.41, 5.74) is -9.89. The lowest BCUT2D eigenvalue weighted by molar-refractivity contribution is -0.348. The zero-order chi connectivity index (χ0) is 31.6. The van der Waals surface area contributed by atoms with Crippen molar-refractivity contribution >= 4 is 34.8 Å². The van der Waals surface area contributed by atoms with Gasteiger partial charge < -0.3 is 20.1 Å². The highest BCUT2D eigenvalue weighted by Gasteiger charge is 2.73. The van der Waals surface area contributed by atoms with Crippen molar-refractivity contribution in [2.75, 3.05) is 17.7 Å². The van der Waals surface area contributed by atoms with E-state index in [0.29, 0.717) is 0 Å². The van der Waals surface area contributed by atoms with E-state index in [2.05, 4.69) is 15.4 Å². The summed E-state index contributed by atoms with van der Waals surface area (Å²) in [5.74, 6) is -3.53. The topological polar surface area (TPSA) is 76.7 Å². The molecule has 0 aromatic heterocycles. The Bertz CT molecular complexity index is 1480. The average Bonchev–Trinajstić information content (AvgIpc) is 2.88. The third-order valence-electron chi connectivity index (χ3n) is 5.76. The first-order chi connectivity index (χ1) is 19.4. The van der Waals surface area contributed by atoms with Gasteiger partial charge in [-0.05, 0) is 48.9 Å². The monoisotopic (exact) mass is 628 g/mol. The molecule has 3 aromatic carbocycles. The van der Waals surface area contributed by atoms with Gasteiger partial charge in [0, 0.05) is 5.56 Å². The first-order valence-electron chi connectivity index (χ1n) is 11.4. The maximum Gasteiger partial charge on any atom is 0.435 e. The summed E-state index contributed by atoms with van der Waals surface area (Å²) in [6, 6.07) is 9.56. The molecule has 0 saturated carbocycles. The van der Waals surface area contributed by atoms with Crippen LogP contribution in [0.2, 0.25) is 5.02 Å². The maximum atomic E-state index is 14.6. The van der Waals surface area contributed by atoms with Crippen molar-refractivity contribution in [3.8, 4) is 11.5 Å². The van der Waals surface area contributed by atoms with Crippen LogP contribution in [0.25, 0.3) is 0 Å². The number of methoxy groups -OCH3 is 1. The lowest BCUT2D eigenvalue weighted by Crippen LogP contribution is -2.50. The number of ether oxygens (including phenoxy) is 2. The van der Waals surface area contributed by atoms with Gasteiger partial charge in [-0.2, -0.15) is 35.1 Å². The van der Waals surface area contributed by atoms with Crippen LogP contribution in [0, 0.1) is 6.92 Å². The average molecular weight is 629 g/mol. The minimum atomic E-state index is -6.53. The van der Waals surface area contributed by atoms with Crippen LogP contribution in [0.5, 0.6) is 11.5 Å². The molecule has 0 bridgehead atoms. The second kappa shape index (κ2) is 12.0. The molecule has 0 spiro atoms. The third-order valence-corrected chi connectivity index (χ3v) is 6.09. The van der Waals surface area contributed by atoms with Crippen molar-refractivity contribution in [2.45, 2.75) is 31.6 Å². The molecule has 0 heterocycles. The number of carbonyl (C=O) groups excluding carboxylic acids is 2. The van der Waals surface area contributed by atoms with Crippen LogP contribution in [-0.2, 0) is 5.67 Å². The summed E-state index contributed by atoms with van der Waals surface area (Å²) in [4.78, 5) is 25.8. The molecule has 42 heavy (non-hydrogen) atoms. The molecule has 2 N–H and O–H groups in total. The van der Waals surface area contributed by atoms with Crippen LogP contribution in [-0.4, -0.2) is 37.9 Å². The van der Waals surface area contributed by atoms with Crippen molar-refractivity contribution < 1.29 is 58.6 Å². The van der Waals surface area contributed by atoms with Crippen LogP contribution in [0.1, 0.15) is 31.8 Å². The van der Waals surface area contributed by atoms with Crippen LogP contribution in [0.4, 0.5) is 50.9 Å². The Labute approximate surface area is 236 Å². The van der Waals surface area contributed by atoms with Gasteiger partial charge in [-0.3, -0.25) is 9.59 Å². The van der Waals surface area contributed by atoms with E-state index in [1.165, 1.54) is 30.3 Å². The molecule has 0 unspecified atom stereocenters. The fraction of sp³-hybridized carbons (Fsp3) is 0.231. The molecule has 0 aliphatic heterocycles. The number of hydrogen-bond donors (Lipinski definition) is 2. The second-order valence-corrected chi connectivity index (χ2v) is 8.88. The SMILES string of the molecule is COc1c(NC(=O)c2ccccc2Cl)cccc1C(=O)Nc1c(C)cc(C(F)(C(F)(F)F)C(F)(F)F)cc1OC(F)F. The van der Waals surface area contributed by atoms with E-state index < -0.39 is 59.0 Å². The zero-order valence-corrected chi connectivity index (χ0v) is 21.9. The van der Waals surface area contributed by atoms with E-state index in [0.717, 1.165) is 20.1 Å². The molecule has 3 rings (SSSR count). The Morgan fingerprint density at radius 2 is 1.40 bits per heavy atom. The van der Waals surface area contributed by atoms with Crippen molar-refractivity contribution in [1.82, 2.24) is 0 Å². The first kappa shape index (κ1) is 32.4. The number of aryl methyl sites for hydroxylation is 1. The summed E-state index contributed by atoms with van der Waals surface area (Å²) in [7, 11) is 1.11. The van der Waals surface area contributed by atoms with Gasteiger partial charge in [0.1, 0.15) is 5.75 Å². The van der Waals surface area contributed by atoms with Crippen LogP contribution < -0.4 is 20.1 Å². The van der Waals surface area contributed by atoms with Gasteiger partial charge in [-0.25, -0.2) is 4.39 Å². The molecule has 3 aromatic rings. The lowest BCUT2D eigenvalue weighted by Gasteiger charge is -2.31. The highest BCUT2D eigenvalue weighted by molar-refractivity contribution is 6.34. The minimum Gasteiger partial charge on any atom is -0.494 e. The zero-order valence-electron chi connectivity index (χ0n) is 21.2. The molecule has 0 aliphatic carbocycles. The van der Waals surface area contributed by atoms with E-state index in [4.69, 9.17) is 16.3 Å². The highest BCUT2D eigenvalue weighted by Crippen LogP contribution is 2.54. The summed E-state index contributed by atoms with van der Waals surface area (Å²) in [5, 5.41) is 4.63. The minimum absolute atomic E-state index is 0.0576. The number of amides is 2. The predicted molar refractivity (Wildman–Crippen MR) is 133 cm³/mol. The van der Waals surface area contributed by atoms with E-state index in [-0.39, 0.29) is 39.7 Å². The maximum absolute atomic E-state index is 14.6. The van der Waals surface area contributed by atoms with Crippen molar-refractivity contribution in [3.63, 3.8) is 0 Å². The number of rotatable bonds is 8. The summed E-state index contributed by atoms with van der Waals surface area (Å²) < 4.78 is 130. The Morgan fingerprint density at radius 3 is 1.95 bits per heavy atom. The van der Waals surface area contributed by atoms with Crippen LogP contribution in [0.3, 0.4) is 0 Å². The van der Waals surface area contributed by atoms with Gasteiger partial charge in [0.15, 0.2) is 5.75 Å². The van der Waals surface area contributed by atoms with Crippen molar-refractivity contribution in [1.29, 1.82) is 0 Å². The number of hydrogen-bond acceptors (Lipinski definition) is 4. The quantitative estimate of drug-likeness (QED) is 0.248. The number of alkyl halides is 9. The smallest absolute Gasteiger partial charge is 0.435 e. The van der Waals surface area contributed by atoms with E-state index in [9.17, 15) is 49.1 Å². The van der Waals surface area contributed by atoms with Crippen molar-refractivity contribution in [2.24, 2.45) is 0 Å². The molecule has 6 nitrogen and oxygen atoms in total. The first-order valence-corrected chi connectivity index (χ1v) is 11.8. The van der Waals surface area contributed by atoms with E-state index in [1.807, 2.05) is 0 Å². The molecule has 0 aliphatic rings. The number of benzene rings is 3. The van der Waals surface area contributed by atoms with Gasteiger partial charge in [0.2, 0.25) is 0 Å². The van der Waals surface area contributed by atoms with Gasteiger partial charge in [-0.15, -0.1) is 0 Å². The van der Waals surface area contributed by atoms with Gasteiger partial charge in [-0.1, -0.05) is 29.8 Å². The molecule has 0 saturated heterocycles. The Hall–Kier alpha value is -4.14. The molecule has 226 valence electrons. The number of para-hydroxylation sites is 1. The molecule has 0 fully saturated rings. The third kappa shape index (κ3) is 6.35. The summed E-state index contributed by atoms with van der Waals surface area (Å²) in [6.45, 7) is -2.96. The molecular weight excluding hydrogens is 611 g/mol. The van der Waals surface area contributed by atoms with Gasteiger partial charge in [0.25, 0.3) is 11.8 Å². The molecule has 0 atom stereocenters. The highest BCUT2D eigenvalue weighted by atomic mass is 35.5. The van der Waals surface area contributed by atoms with E-state index in [1.54, 1.807) is 6.07 Å². The second-order valence-electron chi connectivity index (χ2n) is 8.47. The standard InChI is InChI=1S/C26H18ClF9N2O4/c1-12-10-13(24(30,25(31,32)33)26(34,35)36)11-18(42-23(28)29)19(12)38-22(40)15-7-5-9-17(20(15)41-2)37-21(39)14-6-3-4-8-16(14)27/h3-11,23H,1-2H3,(H,37,39)(H,38,40). The molecule has 2 amide bonds. The lowest BCUT2D eigenvalue weighted by atomic mass is 9.92. The Morgan fingerprint density at radius 1 is 0.833 bits per heavy atom. The fourth-order valence-electron chi connectivity index (χ4n) is 3.84. The van der Waals surface area contributed by atoms with Gasteiger partial charge >= 0.3 is 24.6 Å². The Kier molecular flexibility index (Phi) is 9.25. The van der Waals surface area contributed by atoms with E-state index >= 15 is 0 Å². The number of anilines is 2. The molecular formula is C26H18ClF9N2O4. The van der Waals surface area contributed by atoms with Crippen molar-refractivity contribution in [3.05, 3.63) is 81.9 Å². The van der Waals surface area contributed by atoms with Crippen LogP contribution in [0.15, 0.2) is 54.6 Å². The largest absolute Gasteiger partial charge is 0.494 e. The molecule has 16 heteroatoms. The van der Waals surface area contributed by atoms with Gasteiger partial charge in [0.05, 0.1) is 34.6 Å². The number of halogens is 10. The molecule has 0 radical (unpaired) electrons. The normalized spacial score (nSPS) is 12.2. The number of nitrogens with one attached hydrogen (secondary N) is 2. The van der Waals surface area contributed by atoms with Crippen LogP contribution >= 0.6 is 11.6 Å². The fourth-order valence-corrected chi connectivity index (χ4v) is 4.06. The summed E-state index contributed by atoms with van der Waals surface area (Å²) in [6.07, 6.45) is -13.1. The predicted octanol–water partition coefficient (Wildman–Crippen LogP) is 8.05. The summed E-state index contributed by atoms with van der Waals surface area (Å²) >= 11 is 6.02.